The van der Waals surface area contributed by atoms with Crippen molar-refractivity contribution in [2.24, 2.45) is 0 Å². The van der Waals surface area contributed by atoms with Gasteiger partial charge in [-0.3, -0.25) is 4.79 Å². The van der Waals surface area contributed by atoms with Crippen LogP contribution in [-0.4, -0.2) is 36.4 Å². The lowest BCUT2D eigenvalue weighted by atomic mass is 10.2. The number of rotatable bonds is 4. The Morgan fingerprint density at radius 2 is 2.00 bits per heavy atom. The van der Waals surface area contributed by atoms with Crippen LogP contribution in [0.5, 0.6) is 17.2 Å². The maximum atomic E-state index is 12.6. The van der Waals surface area contributed by atoms with E-state index in [0.29, 0.717) is 35.9 Å². The van der Waals surface area contributed by atoms with Crippen LogP contribution in [0, 0.1) is 0 Å². The van der Waals surface area contributed by atoms with Gasteiger partial charge in [-0.2, -0.15) is 0 Å². The van der Waals surface area contributed by atoms with Crippen LogP contribution in [0.1, 0.15) is 16.8 Å². The molecule has 1 N–H and O–H groups in total. The molecule has 1 amide bonds. The lowest BCUT2D eigenvalue weighted by Crippen LogP contribution is -2.32. The summed E-state index contributed by atoms with van der Waals surface area (Å²) < 4.78 is 16.4. The van der Waals surface area contributed by atoms with Crippen molar-refractivity contribution in [2.45, 2.75) is 12.5 Å². The minimum absolute atomic E-state index is 0.144. The minimum Gasteiger partial charge on any atom is -0.480 e. The van der Waals surface area contributed by atoms with Gasteiger partial charge in [-0.05, 0) is 30.3 Å². The molecule has 0 bridgehead atoms. The number of nitrogens with zero attached hydrogens (tertiary/aromatic N) is 1. The summed E-state index contributed by atoms with van der Waals surface area (Å²) in [6.45, 7) is 0.645. The molecule has 0 aliphatic carbocycles. The van der Waals surface area contributed by atoms with Crippen molar-refractivity contribution in [3.8, 4) is 17.2 Å². The molecule has 1 saturated heterocycles. The van der Waals surface area contributed by atoms with Gasteiger partial charge in [-0.1, -0.05) is 6.07 Å². The third-order valence-corrected chi connectivity index (χ3v) is 4.18. The topological polar surface area (TPSA) is 85.3 Å². The van der Waals surface area contributed by atoms with Crippen molar-refractivity contribution in [3.05, 3.63) is 48.0 Å². The van der Waals surface area contributed by atoms with Crippen molar-refractivity contribution in [1.82, 2.24) is 0 Å². The predicted molar refractivity (Wildman–Crippen MR) is 87.4 cm³/mol. The van der Waals surface area contributed by atoms with Gasteiger partial charge >= 0.3 is 5.97 Å². The molecule has 2 aliphatic heterocycles. The zero-order chi connectivity index (χ0) is 17.4. The molecule has 4 rings (SSSR count). The summed E-state index contributed by atoms with van der Waals surface area (Å²) in [5, 5.41) is 9.09. The van der Waals surface area contributed by atoms with Crippen molar-refractivity contribution in [2.75, 3.05) is 18.2 Å². The summed E-state index contributed by atoms with van der Waals surface area (Å²) in [7, 11) is 0. The first kappa shape index (κ1) is 15.3. The zero-order valence-electron chi connectivity index (χ0n) is 13.2. The number of anilines is 1. The van der Waals surface area contributed by atoms with Gasteiger partial charge in [0.15, 0.2) is 17.6 Å². The first-order valence-corrected chi connectivity index (χ1v) is 7.83. The molecule has 2 heterocycles. The molecule has 128 valence electrons. The Kier molecular flexibility index (Phi) is 3.68. The van der Waals surface area contributed by atoms with Gasteiger partial charge in [0.2, 0.25) is 6.79 Å². The fraction of sp³-hybridized carbons (Fsp3) is 0.222. The molecular formula is C18H15NO6. The van der Waals surface area contributed by atoms with Crippen LogP contribution in [-0.2, 0) is 4.79 Å². The molecule has 7 nitrogen and oxygen atoms in total. The summed E-state index contributed by atoms with van der Waals surface area (Å²) in [5.41, 5.74) is 0.701. The number of carboxylic acids is 1. The summed E-state index contributed by atoms with van der Waals surface area (Å²) in [6, 6.07) is 11.5. The average molecular weight is 341 g/mol. The molecule has 1 fully saturated rings. The van der Waals surface area contributed by atoms with Crippen LogP contribution in [0.4, 0.5) is 5.69 Å². The van der Waals surface area contributed by atoms with Gasteiger partial charge in [-0.15, -0.1) is 0 Å². The van der Waals surface area contributed by atoms with Gasteiger partial charge in [0.05, 0.1) is 5.56 Å². The molecule has 2 aromatic carbocycles. The number of fused-ring (bicyclic) bond motifs is 1. The van der Waals surface area contributed by atoms with E-state index in [2.05, 4.69) is 0 Å². The molecule has 1 atom stereocenters. The first-order chi connectivity index (χ1) is 12.1. The number of hydrogen-bond donors (Lipinski definition) is 1. The highest BCUT2D eigenvalue weighted by atomic mass is 16.7. The van der Waals surface area contributed by atoms with E-state index in [1.54, 1.807) is 35.2 Å². The lowest BCUT2D eigenvalue weighted by molar-refractivity contribution is -0.122. The average Bonchev–Trinajstić information content (AvgIpc) is 3.22. The minimum atomic E-state index is -1.03. The molecule has 0 aromatic heterocycles. The number of carbonyl (C=O) groups excluding carboxylic acids is 1. The van der Waals surface area contributed by atoms with Gasteiger partial charge < -0.3 is 24.2 Å². The van der Waals surface area contributed by atoms with Crippen molar-refractivity contribution in [1.29, 1.82) is 0 Å². The van der Waals surface area contributed by atoms with E-state index < -0.39 is 12.1 Å². The van der Waals surface area contributed by atoms with E-state index in [9.17, 15) is 9.59 Å². The lowest BCUT2D eigenvalue weighted by Gasteiger charge is -2.17. The van der Waals surface area contributed by atoms with E-state index in [-0.39, 0.29) is 18.3 Å². The van der Waals surface area contributed by atoms with Gasteiger partial charge in [0.25, 0.3) is 5.91 Å². The highest BCUT2D eigenvalue weighted by Crippen LogP contribution is 2.36. The van der Waals surface area contributed by atoms with E-state index in [4.69, 9.17) is 19.3 Å². The van der Waals surface area contributed by atoms with Crippen LogP contribution in [0.3, 0.4) is 0 Å². The quantitative estimate of drug-likeness (QED) is 0.918. The SMILES string of the molecule is O=C(O)c1cccc(N2CC[C@H](Oc3ccc4c(c3)OCO4)C2=O)c1. The second-order valence-electron chi connectivity index (χ2n) is 5.76. The number of carbonyl (C=O) groups is 2. The highest BCUT2D eigenvalue weighted by Gasteiger charge is 2.34. The number of hydrogen-bond acceptors (Lipinski definition) is 5. The van der Waals surface area contributed by atoms with Gasteiger partial charge in [0.1, 0.15) is 5.75 Å². The molecule has 2 aromatic rings. The zero-order valence-corrected chi connectivity index (χ0v) is 13.2. The molecular weight excluding hydrogens is 326 g/mol. The van der Waals surface area contributed by atoms with Gasteiger partial charge in [0, 0.05) is 24.7 Å². The Hall–Kier alpha value is -3.22. The van der Waals surface area contributed by atoms with Crippen molar-refractivity contribution in [3.63, 3.8) is 0 Å². The summed E-state index contributed by atoms with van der Waals surface area (Å²) >= 11 is 0. The second kappa shape index (κ2) is 6.01. The van der Waals surface area contributed by atoms with Crippen LogP contribution in [0.15, 0.2) is 42.5 Å². The Morgan fingerprint density at radius 3 is 2.84 bits per heavy atom. The van der Waals surface area contributed by atoms with Crippen LogP contribution < -0.4 is 19.1 Å². The summed E-state index contributed by atoms with van der Waals surface area (Å²) in [5.74, 6) is 0.553. The normalized spacial score (nSPS) is 18.5. The Labute approximate surface area is 143 Å². The van der Waals surface area contributed by atoms with E-state index in [1.165, 1.54) is 12.1 Å². The van der Waals surface area contributed by atoms with Crippen molar-refractivity contribution < 1.29 is 28.9 Å². The van der Waals surface area contributed by atoms with Crippen LogP contribution in [0.2, 0.25) is 0 Å². The molecule has 25 heavy (non-hydrogen) atoms. The Balaban J connectivity index is 1.50. The van der Waals surface area contributed by atoms with Crippen LogP contribution in [0.25, 0.3) is 0 Å². The predicted octanol–water partition coefficient (Wildman–Crippen LogP) is 2.30. The maximum absolute atomic E-state index is 12.6. The number of benzene rings is 2. The van der Waals surface area contributed by atoms with E-state index in [0.717, 1.165) is 0 Å². The third-order valence-electron chi connectivity index (χ3n) is 4.18. The Morgan fingerprint density at radius 1 is 1.16 bits per heavy atom. The molecule has 0 radical (unpaired) electrons. The fourth-order valence-electron chi connectivity index (χ4n) is 2.94. The van der Waals surface area contributed by atoms with Crippen molar-refractivity contribution >= 4 is 17.6 Å². The van der Waals surface area contributed by atoms with Crippen LogP contribution >= 0.6 is 0 Å². The molecule has 0 unspecified atom stereocenters. The molecule has 0 saturated carbocycles. The first-order valence-electron chi connectivity index (χ1n) is 7.83. The number of carboxylic acid groups (broad SMARTS) is 1. The fourth-order valence-corrected chi connectivity index (χ4v) is 2.94. The van der Waals surface area contributed by atoms with Gasteiger partial charge in [-0.25, -0.2) is 4.79 Å². The maximum Gasteiger partial charge on any atom is 0.335 e. The number of aromatic carboxylic acids is 1. The van der Waals surface area contributed by atoms with E-state index in [1.807, 2.05) is 0 Å². The molecule has 0 spiro atoms. The summed E-state index contributed by atoms with van der Waals surface area (Å²) in [4.78, 5) is 25.3. The molecule has 7 heteroatoms. The monoisotopic (exact) mass is 341 g/mol. The third kappa shape index (κ3) is 2.84. The largest absolute Gasteiger partial charge is 0.480 e. The second-order valence-corrected chi connectivity index (χ2v) is 5.76. The number of ether oxygens (including phenoxy) is 3. The highest BCUT2D eigenvalue weighted by molar-refractivity contribution is 6.00. The standard InChI is InChI=1S/C18H15NO6/c20-17-15(25-13-4-5-14-16(9-13)24-10-23-14)6-7-19(17)12-3-1-2-11(8-12)18(21)22/h1-5,8-9,15H,6-7,10H2,(H,21,22)/t15-/m0/s1. The summed E-state index contributed by atoms with van der Waals surface area (Å²) in [6.07, 6.45) is -0.0984. The molecule has 2 aliphatic rings. The smallest absolute Gasteiger partial charge is 0.335 e. The Bertz CT molecular complexity index is 849. The van der Waals surface area contributed by atoms with E-state index >= 15 is 0 Å². The number of amides is 1.